The maximum Gasteiger partial charge on any atom is 0.315 e. The highest BCUT2D eigenvalue weighted by Gasteiger charge is 2.10. The molecule has 158 valence electrons. The van der Waals surface area contributed by atoms with Gasteiger partial charge in [0, 0.05) is 12.7 Å². The highest BCUT2D eigenvalue weighted by atomic mass is 16.5. The van der Waals surface area contributed by atoms with Crippen molar-refractivity contribution in [1.29, 1.82) is 5.26 Å². The zero-order valence-electron chi connectivity index (χ0n) is 17.2. The second kappa shape index (κ2) is 11.2. The Morgan fingerprint density at radius 2 is 1.87 bits per heavy atom. The lowest BCUT2D eigenvalue weighted by atomic mass is 10.1. The first-order chi connectivity index (χ1) is 15.1. The molecule has 0 spiro atoms. The lowest BCUT2D eigenvalue weighted by Crippen LogP contribution is -2.36. The van der Waals surface area contributed by atoms with Crippen molar-refractivity contribution in [2.24, 2.45) is 0 Å². The number of benzene rings is 2. The zero-order valence-corrected chi connectivity index (χ0v) is 17.2. The molecule has 0 saturated carbocycles. The molecule has 3 aromatic rings. The Hall–Kier alpha value is -4.05. The lowest BCUT2D eigenvalue weighted by molar-refractivity contribution is 0.237. The van der Waals surface area contributed by atoms with Gasteiger partial charge in [0.15, 0.2) is 6.61 Å². The van der Waals surface area contributed by atoms with Gasteiger partial charge in [0.05, 0.1) is 11.7 Å². The van der Waals surface area contributed by atoms with Gasteiger partial charge in [0.1, 0.15) is 24.2 Å². The fourth-order valence-corrected chi connectivity index (χ4v) is 2.89. The number of amides is 2. The van der Waals surface area contributed by atoms with Crippen molar-refractivity contribution in [3.05, 3.63) is 89.7 Å². The third-order valence-corrected chi connectivity index (χ3v) is 4.47. The van der Waals surface area contributed by atoms with Crippen molar-refractivity contribution >= 4 is 6.03 Å². The van der Waals surface area contributed by atoms with Gasteiger partial charge in [-0.1, -0.05) is 30.3 Å². The highest BCUT2D eigenvalue weighted by Crippen LogP contribution is 2.20. The number of nitriles is 1. The van der Waals surface area contributed by atoms with Crippen LogP contribution in [0.5, 0.6) is 11.5 Å². The third-order valence-electron chi connectivity index (χ3n) is 4.47. The Balaban J connectivity index is 1.50. The van der Waals surface area contributed by atoms with Gasteiger partial charge in [-0.25, -0.2) is 4.79 Å². The summed E-state index contributed by atoms with van der Waals surface area (Å²) in [7, 11) is 0. The van der Waals surface area contributed by atoms with Crippen molar-refractivity contribution in [1.82, 2.24) is 15.6 Å². The number of rotatable bonds is 9. The third kappa shape index (κ3) is 7.05. The molecule has 0 bridgehead atoms. The molecule has 2 N–H and O–H groups in total. The molecule has 0 aliphatic heterocycles. The standard InChI is InChI=1S/C24H24N4O3/c1-18(20-7-5-10-23(15-20)31-17-21-8-2-3-12-26-21)28-24(29)27-16-19-6-4-9-22(14-19)30-13-11-25/h2-10,12,14-15,18H,13,16-17H2,1H3,(H2,27,28,29). The maximum atomic E-state index is 12.3. The smallest absolute Gasteiger partial charge is 0.315 e. The van der Waals surface area contributed by atoms with Gasteiger partial charge in [0.2, 0.25) is 0 Å². The molecular weight excluding hydrogens is 392 g/mol. The molecular formula is C24H24N4O3. The number of ether oxygens (including phenoxy) is 2. The van der Waals surface area contributed by atoms with Crippen LogP contribution in [0.4, 0.5) is 4.79 Å². The highest BCUT2D eigenvalue weighted by molar-refractivity contribution is 5.74. The minimum Gasteiger partial charge on any atom is -0.487 e. The number of hydrogen-bond acceptors (Lipinski definition) is 5. The van der Waals surface area contributed by atoms with E-state index in [0.717, 1.165) is 16.8 Å². The second-order valence-electron chi connectivity index (χ2n) is 6.83. The number of carbonyl (C=O) groups is 1. The summed E-state index contributed by atoms with van der Waals surface area (Å²) in [5.41, 5.74) is 2.66. The number of carbonyl (C=O) groups excluding carboxylic acids is 1. The van der Waals surface area contributed by atoms with Crippen molar-refractivity contribution in [2.45, 2.75) is 26.1 Å². The van der Waals surface area contributed by atoms with Crippen LogP contribution in [0, 0.1) is 11.3 Å². The van der Waals surface area contributed by atoms with E-state index < -0.39 is 0 Å². The molecule has 0 fully saturated rings. The Morgan fingerprint density at radius 1 is 1.06 bits per heavy atom. The summed E-state index contributed by atoms with van der Waals surface area (Å²) in [4.78, 5) is 16.6. The van der Waals surface area contributed by atoms with Crippen molar-refractivity contribution < 1.29 is 14.3 Å². The second-order valence-corrected chi connectivity index (χ2v) is 6.83. The maximum absolute atomic E-state index is 12.3. The van der Waals surface area contributed by atoms with Crippen molar-refractivity contribution in [2.75, 3.05) is 6.61 Å². The van der Waals surface area contributed by atoms with Gasteiger partial charge in [-0.2, -0.15) is 5.26 Å². The Bertz CT molecular complexity index is 1030. The summed E-state index contributed by atoms with van der Waals surface area (Å²) in [6, 6.07) is 22.0. The van der Waals surface area contributed by atoms with Crippen LogP contribution < -0.4 is 20.1 Å². The topological polar surface area (TPSA) is 96.3 Å². The van der Waals surface area contributed by atoms with E-state index in [9.17, 15) is 4.79 Å². The predicted octanol–water partition coefficient (Wildman–Crippen LogP) is 4.12. The van der Waals surface area contributed by atoms with E-state index in [-0.39, 0.29) is 18.7 Å². The van der Waals surface area contributed by atoms with E-state index in [1.54, 1.807) is 18.3 Å². The SMILES string of the molecule is CC(NC(=O)NCc1cccc(OCC#N)c1)c1cccc(OCc2ccccn2)c1. The van der Waals surface area contributed by atoms with E-state index in [1.807, 2.05) is 67.6 Å². The van der Waals surface area contributed by atoms with E-state index in [1.165, 1.54) is 0 Å². The van der Waals surface area contributed by atoms with Crippen LogP contribution in [0.15, 0.2) is 72.9 Å². The van der Waals surface area contributed by atoms with Gasteiger partial charge >= 0.3 is 6.03 Å². The molecule has 7 nitrogen and oxygen atoms in total. The van der Waals surface area contributed by atoms with Gasteiger partial charge in [-0.15, -0.1) is 0 Å². The zero-order chi connectivity index (χ0) is 21.9. The molecule has 0 aliphatic rings. The van der Waals surface area contributed by atoms with Gasteiger partial charge in [-0.3, -0.25) is 4.98 Å². The van der Waals surface area contributed by atoms with E-state index in [0.29, 0.717) is 24.7 Å². The van der Waals surface area contributed by atoms with Crippen LogP contribution >= 0.6 is 0 Å². The van der Waals surface area contributed by atoms with Crippen LogP contribution in [-0.4, -0.2) is 17.6 Å². The molecule has 0 saturated heterocycles. The first-order valence-electron chi connectivity index (χ1n) is 9.90. The normalized spacial score (nSPS) is 11.1. The first kappa shape index (κ1) is 21.7. The number of nitrogens with zero attached hydrogens (tertiary/aromatic N) is 2. The molecule has 1 aromatic heterocycles. The lowest BCUT2D eigenvalue weighted by Gasteiger charge is -2.16. The van der Waals surface area contributed by atoms with E-state index in [4.69, 9.17) is 14.7 Å². The minimum absolute atomic E-state index is 0.0144. The number of hydrogen-bond donors (Lipinski definition) is 2. The average Bonchev–Trinajstić information content (AvgIpc) is 2.81. The van der Waals surface area contributed by atoms with Gasteiger partial charge in [0.25, 0.3) is 0 Å². The molecule has 1 unspecified atom stereocenters. The number of nitrogens with one attached hydrogen (secondary N) is 2. The summed E-state index contributed by atoms with van der Waals surface area (Å²) >= 11 is 0. The van der Waals surface area contributed by atoms with Crippen LogP contribution in [0.25, 0.3) is 0 Å². The largest absolute Gasteiger partial charge is 0.487 e. The summed E-state index contributed by atoms with van der Waals surface area (Å²) in [5.74, 6) is 1.31. The molecule has 3 rings (SSSR count). The first-order valence-corrected chi connectivity index (χ1v) is 9.90. The fourth-order valence-electron chi connectivity index (χ4n) is 2.89. The monoisotopic (exact) mass is 416 g/mol. The molecule has 1 heterocycles. The molecule has 2 amide bonds. The summed E-state index contributed by atoms with van der Waals surface area (Å²) < 4.78 is 11.1. The number of aromatic nitrogens is 1. The van der Waals surface area contributed by atoms with Gasteiger partial charge < -0.3 is 20.1 Å². The fraction of sp³-hybridized carbons (Fsp3) is 0.208. The molecule has 31 heavy (non-hydrogen) atoms. The summed E-state index contributed by atoms with van der Waals surface area (Å²) in [6.07, 6.45) is 1.73. The van der Waals surface area contributed by atoms with Gasteiger partial charge in [-0.05, 0) is 54.4 Å². The van der Waals surface area contributed by atoms with Crippen molar-refractivity contribution in [3.63, 3.8) is 0 Å². The molecule has 1 atom stereocenters. The number of pyridine rings is 1. The van der Waals surface area contributed by atoms with E-state index >= 15 is 0 Å². The Kier molecular flexibility index (Phi) is 7.83. The summed E-state index contributed by atoms with van der Waals surface area (Å²) in [6.45, 7) is 2.62. The number of urea groups is 1. The van der Waals surface area contributed by atoms with E-state index in [2.05, 4.69) is 15.6 Å². The Morgan fingerprint density at radius 3 is 2.65 bits per heavy atom. The van der Waals surface area contributed by atoms with Crippen molar-refractivity contribution in [3.8, 4) is 17.6 Å². The molecule has 0 aliphatic carbocycles. The Labute approximate surface area is 181 Å². The van der Waals surface area contributed by atoms with Crippen LogP contribution in [0.3, 0.4) is 0 Å². The summed E-state index contributed by atoms with van der Waals surface area (Å²) in [5, 5.41) is 14.4. The minimum atomic E-state index is -0.282. The molecule has 0 radical (unpaired) electrons. The van der Waals surface area contributed by atoms with Crippen LogP contribution in [0.1, 0.15) is 29.8 Å². The van der Waals surface area contributed by atoms with Crippen LogP contribution in [0.2, 0.25) is 0 Å². The average molecular weight is 416 g/mol. The quantitative estimate of drug-likeness (QED) is 0.547. The molecule has 2 aromatic carbocycles. The molecule has 7 heteroatoms. The van der Waals surface area contributed by atoms with Crippen LogP contribution in [-0.2, 0) is 13.2 Å². The predicted molar refractivity (Wildman–Crippen MR) is 116 cm³/mol.